The van der Waals surface area contributed by atoms with Gasteiger partial charge in [-0.2, -0.15) is 18.4 Å². The van der Waals surface area contributed by atoms with Crippen molar-refractivity contribution in [3.8, 4) is 22.9 Å². The number of nitrogens with zero attached hydrogens (tertiary/aromatic N) is 4. The van der Waals surface area contributed by atoms with Crippen LogP contribution in [0.15, 0.2) is 70.5 Å². The van der Waals surface area contributed by atoms with E-state index >= 15 is 8.78 Å². The molecule has 1 N–H and O–H groups in total. The van der Waals surface area contributed by atoms with Gasteiger partial charge in [0, 0.05) is 61.7 Å². The van der Waals surface area contributed by atoms with Crippen LogP contribution in [0.25, 0.3) is 11.1 Å². The zero-order chi connectivity index (χ0) is 32.7. The molecule has 0 amide bonds. The first-order valence-electron chi connectivity index (χ1n) is 14.7. The molecule has 0 radical (unpaired) electrons. The van der Waals surface area contributed by atoms with E-state index in [9.17, 15) is 23.1 Å². The van der Waals surface area contributed by atoms with E-state index in [-0.39, 0.29) is 22.7 Å². The molecular weight excluding hydrogens is 623 g/mol. The van der Waals surface area contributed by atoms with Gasteiger partial charge in [-0.25, -0.2) is 8.78 Å². The van der Waals surface area contributed by atoms with Gasteiger partial charge in [-0.05, 0) is 60.5 Å². The van der Waals surface area contributed by atoms with Crippen LogP contribution in [0.3, 0.4) is 0 Å². The van der Waals surface area contributed by atoms with Gasteiger partial charge in [0.25, 0.3) is 5.56 Å². The van der Waals surface area contributed by atoms with E-state index in [4.69, 9.17) is 5.26 Å². The first kappa shape index (κ1) is 31.6. The number of piperazine rings is 1. The second-order valence-corrected chi connectivity index (χ2v) is 12.5. The number of halogens is 5. The molecule has 6 rings (SSSR count). The molecule has 0 spiro atoms. The Hall–Kier alpha value is -4.34. The lowest BCUT2D eigenvalue weighted by atomic mass is 9.92. The van der Waals surface area contributed by atoms with Crippen molar-refractivity contribution in [2.24, 2.45) is 0 Å². The molecule has 1 fully saturated rings. The smallest absolute Gasteiger partial charge is 0.416 e. The highest BCUT2D eigenvalue weighted by Gasteiger charge is 2.37. The van der Waals surface area contributed by atoms with E-state index in [0.29, 0.717) is 54.6 Å². The second kappa shape index (κ2) is 12.5. The van der Waals surface area contributed by atoms with Crippen LogP contribution in [-0.2, 0) is 12.6 Å². The van der Waals surface area contributed by atoms with Crippen LogP contribution in [-0.4, -0.2) is 53.1 Å². The maximum absolute atomic E-state index is 15.3. The molecular formula is C34H29F5N4O2S. The van der Waals surface area contributed by atoms with Crippen LogP contribution >= 0.6 is 11.8 Å². The standard InChI is InChI=1S/C34H29F5N4O2S/c1-20-25(16-26-27(34(37,38)39)5-3-6-28(26)35)33-43(32(45)30(20)24-4-2-7-29(44)31(24)36)23(19-46-33)18-41-12-14-42(15-13-41)22-10-8-21(17-40)9-11-22/h2-11,23,44H,12-16,18-19H2,1H3. The summed E-state index contributed by atoms with van der Waals surface area (Å²) in [4.78, 5) is 18.6. The summed E-state index contributed by atoms with van der Waals surface area (Å²) in [6, 6.07) is 15.8. The van der Waals surface area contributed by atoms with Crippen molar-refractivity contribution in [1.29, 1.82) is 5.26 Å². The Kier molecular flexibility index (Phi) is 8.56. The molecule has 3 aromatic carbocycles. The van der Waals surface area contributed by atoms with E-state index in [1.165, 1.54) is 35.4 Å². The zero-order valence-electron chi connectivity index (χ0n) is 24.7. The lowest BCUT2D eigenvalue weighted by molar-refractivity contribution is -0.138. The number of alkyl halides is 3. The van der Waals surface area contributed by atoms with Crippen molar-refractivity contribution in [1.82, 2.24) is 9.47 Å². The van der Waals surface area contributed by atoms with Gasteiger partial charge in [-0.3, -0.25) is 14.3 Å². The topological polar surface area (TPSA) is 72.5 Å². The van der Waals surface area contributed by atoms with Crippen LogP contribution in [0.5, 0.6) is 5.75 Å². The Morgan fingerprint density at radius 3 is 2.35 bits per heavy atom. The lowest BCUT2D eigenvalue weighted by Crippen LogP contribution is -2.48. The average Bonchev–Trinajstić information content (AvgIpc) is 3.45. The Morgan fingerprint density at radius 2 is 1.67 bits per heavy atom. The summed E-state index contributed by atoms with van der Waals surface area (Å²) in [6.07, 6.45) is -5.27. The van der Waals surface area contributed by atoms with Gasteiger partial charge in [0.05, 0.1) is 33.8 Å². The molecule has 12 heteroatoms. The first-order chi connectivity index (χ1) is 22.0. The third-order valence-electron chi connectivity index (χ3n) is 8.74. The summed E-state index contributed by atoms with van der Waals surface area (Å²) >= 11 is 1.32. The molecule has 0 saturated carbocycles. The number of fused-ring (bicyclic) bond motifs is 1. The number of thioether (sulfide) groups is 1. The van der Waals surface area contributed by atoms with Crippen molar-refractivity contribution < 1.29 is 27.1 Å². The summed E-state index contributed by atoms with van der Waals surface area (Å²) in [5.74, 6) is -2.25. The van der Waals surface area contributed by atoms with E-state index in [1.54, 1.807) is 12.1 Å². The van der Waals surface area contributed by atoms with Gasteiger partial charge >= 0.3 is 6.18 Å². The average molecular weight is 653 g/mol. The number of rotatable bonds is 6. The fourth-order valence-corrected chi connectivity index (χ4v) is 7.73. The molecule has 0 aliphatic carbocycles. The van der Waals surface area contributed by atoms with Crippen molar-refractivity contribution in [3.63, 3.8) is 0 Å². The van der Waals surface area contributed by atoms with Crippen molar-refractivity contribution >= 4 is 17.4 Å². The maximum Gasteiger partial charge on any atom is 0.416 e. The maximum atomic E-state index is 15.3. The lowest BCUT2D eigenvalue weighted by Gasteiger charge is -2.37. The third-order valence-corrected chi connectivity index (χ3v) is 10.0. The minimum absolute atomic E-state index is 0.0739. The van der Waals surface area contributed by atoms with Crippen LogP contribution in [0.4, 0.5) is 27.6 Å². The van der Waals surface area contributed by atoms with Crippen molar-refractivity contribution in [3.05, 3.63) is 110 Å². The summed E-state index contributed by atoms with van der Waals surface area (Å²) in [5.41, 5.74) is -0.295. The number of benzene rings is 3. The van der Waals surface area contributed by atoms with E-state index < -0.39 is 46.7 Å². The zero-order valence-corrected chi connectivity index (χ0v) is 25.6. The number of phenols is 1. The molecule has 4 aromatic rings. The number of hydrogen-bond acceptors (Lipinski definition) is 6. The predicted octanol–water partition coefficient (Wildman–Crippen LogP) is 6.76. The molecule has 6 nitrogen and oxygen atoms in total. The summed E-state index contributed by atoms with van der Waals surface area (Å²) in [6.45, 7) is 4.78. The number of aromatic nitrogens is 1. The van der Waals surface area contributed by atoms with E-state index in [2.05, 4.69) is 15.9 Å². The fourth-order valence-electron chi connectivity index (χ4n) is 6.35. The molecule has 2 aliphatic heterocycles. The number of anilines is 1. The van der Waals surface area contributed by atoms with Gasteiger partial charge in [-0.15, -0.1) is 11.8 Å². The quantitative estimate of drug-likeness (QED) is 0.232. The molecule has 1 aromatic heterocycles. The van der Waals surface area contributed by atoms with Gasteiger partial charge in [-0.1, -0.05) is 18.2 Å². The Labute approximate surface area is 266 Å². The van der Waals surface area contributed by atoms with Crippen molar-refractivity contribution in [2.45, 2.75) is 30.6 Å². The summed E-state index contributed by atoms with van der Waals surface area (Å²) < 4.78 is 73.8. The Bertz CT molecular complexity index is 1890. The van der Waals surface area contributed by atoms with Crippen LogP contribution in [0.2, 0.25) is 0 Å². The van der Waals surface area contributed by atoms with Crippen molar-refractivity contribution in [2.75, 3.05) is 43.4 Å². The molecule has 0 bridgehead atoms. The Morgan fingerprint density at radius 1 is 0.978 bits per heavy atom. The molecule has 238 valence electrons. The van der Waals surface area contributed by atoms with Crippen LogP contribution in [0, 0.1) is 29.9 Å². The number of phenolic OH excluding ortho intramolecular Hbond substituents is 1. The molecule has 1 unspecified atom stereocenters. The third kappa shape index (κ3) is 5.85. The van der Waals surface area contributed by atoms with E-state index in [0.717, 1.165) is 30.0 Å². The highest BCUT2D eigenvalue weighted by Crippen LogP contribution is 2.42. The number of hydrogen-bond donors (Lipinski definition) is 1. The second-order valence-electron chi connectivity index (χ2n) is 11.4. The molecule has 46 heavy (non-hydrogen) atoms. The summed E-state index contributed by atoms with van der Waals surface area (Å²) in [5, 5.41) is 19.6. The summed E-state index contributed by atoms with van der Waals surface area (Å²) in [7, 11) is 0. The first-order valence-corrected chi connectivity index (χ1v) is 15.7. The highest BCUT2D eigenvalue weighted by atomic mass is 32.2. The monoisotopic (exact) mass is 652 g/mol. The Balaban J connectivity index is 1.38. The van der Waals surface area contributed by atoms with Gasteiger partial charge in [0.15, 0.2) is 11.6 Å². The minimum Gasteiger partial charge on any atom is -0.505 e. The van der Waals surface area contributed by atoms with Gasteiger partial charge < -0.3 is 10.0 Å². The van der Waals surface area contributed by atoms with E-state index in [1.807, 2.05) is 12.1 Å². The highest BCUT2D eigenvalue weighted by molar-refractivity contribution is 7.99. The number of pyridine rings is 1. The largest absolute Gasteiger partial charge is 0.505 e. The minimum atomic E-state index is -4.81. The number of aromatic hydroxyl groups is 1. The predicted molar refractivity (Wildman–Crippen MR) is 166 cm³/mol. The van der Waals surface area contributed by atoms with Gasteiger partial charge in [0.1, 0.15) is 5.82 Å². The number of nitriles is 1. The van der Waals surface area contributed by atoms with Gasteiger partial charge in [0.2, 0.25) is 0 Å². The SMILES string of the molecule is Cc1c(Cc2c(F)cccc2C(F)(F)F)c2n(c(=O)c1-c1cccc(O)c1F)C(CN1CCN(c3ccc(C#N)cc3)CC1)CS2. The molecule has 1 saturated heterocycles. The van der Waals surface area contributed by atoms with Crippen LogP contribution < -0.4 is 10.5 Å². The molecule has 1 atom stereocenters. The normalized spacial score (nSPS) is 16.8. The molecule has 3 heterocycles. The van der Waals surface area contributed by atoms with Crippen LogP contribution in [0.1, 0.15) is 33.9 Å². The molecule has 2 aliphatic rings. The fraction of sp³-hybridized carbons (Fsp3) is 0.294.